The SMILES string of the molecule is C[C@@H](n1ncn(-c2ccc(C(F)(F)F)cc2)c1=S)[C@](O)(Cn1cncn1)c1ccc(F)cc1F. The first-order valence-electron chi connectivity index (χ1n) is 9.85. The molecule has 2 atom stereocenters. The normalized spacial score (nSPS) is 14.7. The summed E-state index contributed by atoms with van der Waals surface area (Å²) in [7, 11) is 0. The molecule has 0 aliphatic heterocycles. The molecule has 0 bridgehead atoms. The minimum Gasteiger partial charge on any atom is -0.381 e. The van der Waals surface area contributed by atoms with Gasteiger partial charge in [0, 0.05) is 17.3 Å². The number of hydrogen-bond acceptors (Lipinski definition) is 5. The van der Waals surface area contributed by atoms with Gasteiger partial charge in [0.05, 0.1) is 18.2 Å². The summed E-state index contributed by atoms with van der Waals surface area (Å²) in [4.78, 5) is 3.81. The molecule has 7 nitrogen and oxygen atoms in total. The number of alkyl halides is 3. The molecule has 4 rings (SSSR count). The maximum absolute atomic E-state index is 14.8. The zero-order chi connectivity index (χ0) is 24.7. The lowest BCUT2D eigenvalue weighted by Gasteiger charge is -2.34. The summed E-state index contributed by atoms with van der Waals surface area (Å²) in [5.41, 5.74) is -2.74. The molecule has 0 aliphatic carbocycles. The monoisotopic (exact) mass is 496 g/mol. The molecule has 0 saturated heterocycles. The summed E-state index contributed by atoms with van der Waals surface area (Å²) in [6.07, 6.45) is -0.662. The summed E-state index contributed by atoms with van der Waals surface area (Å²) in [5.74, 6) is -1.80. The van der Waals surface area contributed by atoms with Gasteiger partial charge in [0.2, 0.25) is 4.77 Å². The molecule has 13 heteroatoms. The van der Waals surface area contributed by atoms with E-state index in [0.29, 0.717) is 11.8 Å². The fourth-order valence-corrected chi connectivity index (χ4v) is 3.97. The molecular formula is C21H17F5N6OS. The predicted octanol–water partition coefficient (Wildman–Crippen LogP) is 4.44. The fourth-order valence-electron chi connectivity index (χ4n) is 3.62. The van der Waals surface area contributed by atoms with Crippen LogP contribution in [0.25, 0.3) is 5.69 Å². The predicted molar refractivity (Wildman–Crippen MR) is 112 cm³/mol. The first-order valence-corrected chi connectivity index (χ1v) is 10.3. The van der Waals surface area contributed by atoms with Gasteiger partial charge < -0.3 is 5.11 Å². The van der Waals surface area contributed by atoms with Gasteiger partial charge in [0.15, 0.2) is 0 Å². The van der Waals surface area contributed by atoms with E-state index in [9.17, 15) is 27.1 Å². The maximum atomic E-state index is 14.8. The Labute approximate surface area is 194 Å². The Morgan fingerprint density at radius 3 is 2.32 bits per heavy atom. The van der Waals surface area contributed by atoms with Crippen molar-refractivity contribution in [1.29, 1.82) is 0 Å². The molecule has 4 aromatic rings. The van der Waals surface area contributed by atoms with Gasteiger partial charge in [0.1, 0.15) is 36.2 Å². The lowest BCUT2D eigenvalue weighted by Crippen LogP contribution is -2.41. The van der Waals surface area contributed by atoms with Gasteiger partial charge in [-0.3, -0.25) is 4.57 Å². The second-order valence-corrected chi connectivity index (χ2v) is 7.96. The largest absolute Gasteiger partial charge is 0.416 e. The van der Waals surface area contributed by atoms with Gasteiger partial charge in [-0.25, -0.2) is 23.1 Å². The molecule has 0 unspecified atom stereocenters. The highest BCUT2D eigenvalue weighted by atomic mass is 32.1. The summed E-state index contributed by atoms with van der Waals surface area (Å²) in [5, 5.41) is 19.8. The molecule has 0 fully saturated rings. The molecule has 1 N–H and O–H groups in total. The van der Waals surface area contributed by atoms with E-state index < -0.39 is 35.0 Å². The van der Waals surface area contributed by atoms with Crippen molar-refractivity contribution in [2.24, 2.45) is 0 Å². The molecule has 2 aromatic carbocycles. The van der Waals surface area contributed by atoms with E-state index in [4.69, 9.17) is 12.2 Å². The summed E-state index contributed by atoms with van der Waals surface area (Å²) in [6.45, 7) is 1.26. The van der Waals surface area contributed by atoms with Gasteiger partial charge in [-0.15, -0.1) is 0 Å². The number of rotatable bonds is 6. The number of nitrogens with zero attached hydrogens (tertiary/aromatic N) is 6. The first kappa shape index (κ1) is 23.7. The zero-order valence-electron chi connectivity index (χ0n) is 17.5. The van der Waals surface area contributed by atoms with Gasteiger partial charge in [-0.2, -0.15) is 23.4 Å². The maximum Gasteiger partial charge on any atom is 0.416 e. The fraction of sp³-hybridized carbons (Fsp3) is 0.238. The van der Waals surface area contributed by atoms with Gasteiger partial charge >= 0.3 is 6.18 Å². The van der Waals surface area contributed by atoms with Crippen molar-refractivity contribution in [1.82, 2.24) is 29.1 Å². The van der Waals surface area contributed by atoms with Crippen LogP contribution in [0.2, 0.25) is 0 Å². The van der Waals surface area contributed by atoms with Crippen LogP contribution in [0.3, 0.4) is 0 Å². The van der Waals surface area contributed by atoms with Crippen molar-refractivity contribution in [2.45, 2.75) is 31.3 Å². The molecule has 178 valence electrons. The highest BCUT2D eigenvalue weighted by molar-refractivity contribution is 7.71. The average molecular weight is 496 g/mol. The van der Waals surface area contributed by atoms with Crippen molar-refractivity contribution in [2.75, 3.05) is 0 Å². The standard InChI is InChI=1S/C21H17F5N6OS/c1-13(20(33,9-30-11-27-10-28-30)17-7-4-15(22)8-18(17)23)32-19(34)31(12-29-32)16-5-2-14(3-6-16)21(24,25)26/h2-8,10-13,33H,9H2,1H3/t13-,20-/m1/s1. The van der Waals surface area contributed by atoms with Crippen molar-refractivity contribution in [3.63, 3.8) is 0 Å². The lowest BCUT2D eigenvalue weighted by atomic mass is 9.86. The van der Waals surface area contributed by atoms with E-state index in [1.54, 1.807) is 0 Å². The van der Waals surface area contributed by atoms with Crippen LogP contribution in [0.1, 0.15) is 24.1 Å². The second kappa shape index (κ2) is 8.72. The third kappa shape index (κ3) is 4.35. The van der Waals surface area contributed by atoms with Crippen molar-refractivity contribution in [3.05, 3.63) is 89.0 Å². The van der Waals surface area contributed by atoms with E-state index in [1.165, 1.54) is 52.0 Å². The van der Waals surface area contributed by atoms with E-state index in [2.05, 4.69) is 15.2 Å². The number of halogens is 5. The number of aromatic nitrogens is 6. The first-order chi connectivity index (χ1) is 16.0. The van der Waals surface area contributed by atoms with Crippen LogP contribution in [0.15, 0.2) is 61.4 Å². The van der Waals surface area contributed by atoms with Crippen molar-refractivity contribution in [3.8, 4) is 5.69 Å². The molecule has 0 radical (unpaired) electrons. The lowest BCUT2D eigenvalue weighted by molar-refractivity contribution is -0.137. The Hall–Kier alpha value is -3.45. The Morgan fingerprint density at radius 2 is 1.74 bits per heavy atom. The molecular weight excluding hydrogens is 479 g/mol. The zero-order valence-corrected chi connectivity index (χ0v) is 18.3. The molecule has 0 spiro atoms. The van der Waals surface area contributed by atoms with Gasteiger partial charge in [-0.05, 0) is 49.5 Å². The number of aliphatic hydroxyl groups is 1. The molecule has 0 saturated carbocycles. The topological polar surface area (TPSA) is 73.7 Å². The Balaban J connectivity index is 1.76. The smallest absolute Gasteiger partial charge is 0.381 e. The van der Waals surface area contributed by atoms with Gasteiger partial charge in [0.25, 0.3) is 0 Å². The highest BCUT2D eigenvalue weighted by Crippen LogP contribution is 2.37. The van der Waals surface area contributed by atoms with Crippen LogP contribution < -0.4 is 0 Å². The van der Waals surface area contributed by atoms with Crippen LogP contribution in [0.4, 0.5) is 22.0 Å². The summed E-state index contributed by atoms with van der Waals surface area (Å²) < 4.78 is 70.8. The van der Waals surface area contributed by atoms with E-state index in [1.807, 2.05) is 0 Å². The molecule has 0 amide bonds. The highest BCUT2D eigenvalue weighted by Gasteiger charge is 2.41. The minimum atomic E-state index is -4.49. The van der Waals surface area contributed by atoms with Crippen molar-refractivity contribution >= 4 is 12.2 Å². The minimum absolute atomic E-state index is 0.0341. The van der Waals surface area contributed by atoms with Crippen LogP contribution in [0, 0.1) is 16.4 Å². The van der Waals surface area contributed by atoms with Crippen LogP contribution in [-0.4, -0.2) is 34.2 Å². The Bertz CT molecular complexity index is 1350. The molecule has 2 aromatic heterocycles. The molecule has 2 heterocycles. The quantitative estimate of drug-likeness (QED) is 0.316. The third-order valence-corrected chi connectivity index (χ3v) is 5.88. The molecule has 0 aliphatic rings. The third-order valence-electron chi connectivity index (χ3n) is 5.49. The van der Waals surface area contributed by atoms with E-state index >= 15 is 0 Å². The number of hydrogen-bond donors (Lipinski definition) is 1. The van der Waals surface area contributed by atoms with Crippen molar-refractivity contribution < 1.29 is 27.1 Å². The number of benzene rings is 2. The Kier molecular flexibility index (Phi) is 6.08. The van der Waals surface area contributed by atoms with E-state index in [-0.39, 0.29) is 16.9 Å². The Morgan fingerprint density at radius 1 is 1.03 bits per heavy atom. The van der Waals surface area contributed by atoms with E-state index in [0.717, 1.165) is 24.3 Å². The van der Waals surface area contributed by atoms with Crippen LogP contribution in [-0.2, 0) is 18.3 Å². The summed E-state index contributed by atoms with van der Waals surface area (Å²) in [6, 6.07) is 6.05. The molecule has 34 heavy (non-hydrogen) atoms. The van der Waals surface area contributed by atoms with Gasteiger partial charge in [-0.1, -0.05) is 6.07 Å². The second-order valence-electron chi connectivity index (χ2n) is 7.59. The van der Waals surface area contributed by atoms with Crippen LogP contribution in [0.5, 0.6) is 0 Å². The average Bonchev–Trinajstić information content (AvgIpc) is 3.42. The van der Waals surface area contributed by atoms with Crippen LogP contribution >= 0.6 is 12.2 Å². The summed E-state index contributed by atoms with van der Waals surface area (Å²) >= 11 is 5.45.